The summed E-state index contributed by atoms with van der Waals surface area (Å²) < 4.78 is 5.67. The lowest BCUT2D eigenvalue weighted by Gasteiger charge is -2.34. The van der Waals surface area contributed by atoms with Crippen molar-refractivity contribution in [2.45, 2.75) is 44.9 Å². The number of carbonyl (C=O) groups excluding carboxylic acids is 1. The van der Waals surface area contributed by atoms with Crippen molar-refractivity contribution < 1.29 is 9.53 Å². The summed E-state index contributed by atoms with van der Waals surface area (Å²) in [7, 11) is 0. The van der Waals surface area contributed by atoms with E-state index in [1.807, 2.05) is 18.2 Å². The summed E-state index contributed by atoms with van der Waals surface area (Å²) in [5, 5.41) is 8.00. The van der Waals surface area contributed by atoms with Crippen LogP contribution in [-0.2, 0) is 24.0 Å². The average molecular weight is 378 g/mol. The summed E-state index contributed by atoms with van der Waals surface area (Å²) in [4.78, 5) is 20.6. The molecule has 0 aromatic carbocycles. The third kappa shape index (κ3) is 3.53. The number of Topliss-reactive ketones (excluding diaryl/α,β-unsaturated/α-hetero) is 1. The van der Waals surface area contributed by atoms with Crippen LogP contribution in [0, 0.1) is 5.41 Å². The summed E-state index contributed by atoms with van der Waals surface area (Å²) in [5.41, 5.74) is 4.12. The molecule has 2 aromatic rings. The van der Waals surface area contributed by atoms with Gasteiger partial charge in [0, 0.05) is 37.0 Å². The van der Waals surface area contributed by atoms with E-state index in [1.54, 1.807) is 6.20 Å². The van der Waals surface area contributed by atoms with Crippen LogP contribution in [0.15, 0.2) is 24.4 Å². The highest BCUT2D eigenvalue weighted by atomic mass is 16.5. The van der Waals surface area contributed by atoms with Gasteiger partial charge in [-0.15, -0.1) is 0 Å². The molecule has 146 valence electrons. The van der Waals surface area contributed by atoms with Crippen LogP contribution in [0.3, 0.4) is 0 Å². The molecule has 2 fully saturated rings. The number of nitrogens with zero attached hydrogens (tertiary/aromatic N) is 4. The Balaban J connectivity index is 1.49. The number of aromatic nitrogens is 3. The van der Waals surface area contributed by atoms with Gasteiger partial charge in [0.05, 0.1) is 25.3 Å². The minimum atomic E-state index is 0.0976. The normalized spacial score (nSPS) is 20.5. The van der Waals surface area contributed by atoms with Crippen molar-refractivity contribution in [1.82, 2.24) is 15.2 Å². The van der Waals surface area contributed by atoms with Crippen LogP contribution in [0.25, 0.3) is 0 Å². The summed E-state index contributed by atoms with van der Waals surface area (Å²) in [6.07, 6.45) is 8.63. The van der Waals surface area contributed by atoms with E-state index >= 15 is 0 Å². The zero-order valence-electron chi connectivity index (χ0n) is 16.2. The van der Waals surface area contributed by atoms with E-state index in [1.165, 1.54) is 25.7 Å². The first-order valence-corrected chi connectivity index (χ1v) is 10.4. The van der Waals surface area contributed by atoms with Crippen LogP contribution in [0.2, 0.25) is 0 Å². The monoisotopic (exact) mass is 378 g/mol. The number of ketones is 1. The topological polar surface area (TPSA) is 68.2 Å². The summed E-state index contributed by atoms with van der Waals surface area (Å²) in [6.45, 7) is 3.42. The maximum absolute atomic E-state index is 13.2. The molecule has 1 spiro atoms. The molecule has 5 rings (SSSR count). The number of piperidine rings is 1. The number of rotatable bonds is 4. The summed E-state index contributed by atoms with van der Waals surface area (Å²) >= 11 is 0. The Morgan fingerprint density at radius 2 is 2.11 bits per heavy atom. The lowest BCUT2D eigenvalue weighted by atomic mass is 9.93. The van der Waals surface area contributed by atoms with Crippen molar-refractivity contribution in [3.8, 4) is 0 Å². The number of pyridine rings is 1. The fraction of sp³-hybridized carbons (Fsp3) is 0.545. The lowest BCUT2D eigenvalue weighted by Crippen LogP contribution is -2.37. The van der Waals surface area contributed by atoms with Crippen molar-refractivity contribution in [1.29, 1.82) is 0 Å². The van der Waals surface area contributed by atoms with Crippen molar-refractivity contribution in [2.75, 3.05) is 31.2 Å². The first-order valence-electron chi connectivity index (χ1n) is 10.4. The van der Waals surface area contributed by atoms with E-state index in [0.29, 0.717) is 24.3 Å². The van der Waals surface area contributed by atoms with Gasteiger partial charge < -0.3 is 9.64 Å². The Morgan fingerprint density at radius 1 is 1.21 bits per heavy atom. The van der Waals surface area contributed by atoms with Gasteiger partial charge in [-0.1, -0.05) is 0 Å². The fourth-order valence-corrected chi connectivity index (χ4v) is 4.63. The molecule has 0 amide bonds. The standard InChI is InChI=1S/C22H26N4O2/c27-20(13-16-3-1-9-23-25-16)18-14-21(24-19-5-12-28-11-4-17(18)19)26-10-2-6-22(15-26)7-8-22/h1,3,9,14H,2,4-8,10-13,15H2. The van der Waals surface area contributed by atoms with E-state index in [2.05, 4.69) is 15.1 Å². The van der Waals surface area contributed by atoms with Crippen molar-refractivity contribution in [3.05, 3.63) is 46.9 Å². The van der Waals surface area contributed by atoms with Crippen LogP contribution in [0.1, 0.15) is 53.0 Å². The molecular formula is C22H26N4O2. The molecular weight excluding hydrogens is 352 g/mol. The minimum absolute atomic E-state index is 0.0976. The molecule has 6 heteroatoms. The number of hydrogen-bond acceptors (Lipinski definition) is 6. The van der Waals surface area contributed by atoms with Gasteiger partial charge in [0.25, 0.3) is 0 Å². The molecule has 6 nitrogen and oxygen atoms in total. The Labute approximate surface area is 165 Å². The van der Waals surface area contributed by atoms with Gasteiger partial charge in [0.15, 0.2) is 5.78 Å². The molecule has 3 aliphatic rings. The molecule has 1 saturated heterocycles. The predicted octanol–water partition coefficient (Wildman–Crippen LogP) is 2.79. The lowest BCUT2D eigenvalue weighted by molar-refractivity contribution is 0.0990. The molecule has 0 bridgehead atoms. The average Bonchev–Trinajstić information content (AvgIpc) is 3.50. The number of hydrogen-bond donors (Lipinski definition) is 0. The van der Waals surface area contributed by atoms with Gasteiger partial charge >= 0.3 is 0 Å². The summed E-state index contributed by atoms with van der Waals surface area (Å²) in [5.74, 6) is 1.06. The molecule has 0 radical (unpaired) electrons. The third-order valence-electron chi connectivity index (χ3n) is 6.39. The maximum atomic E-state index is 13.2. The molecule has 1 aliphatic carbocycles. The van der Waals surface area contributed by atoms with Gasteiger partial charge in [0.2, 0.25) is 0 Å². The fourth-order valence-electron chi connectivity index (χ4n) is 4.63. The zero-order valence-corrected chi connectivity index (χ0v) is 16.2. The van der Waals surface area contributed by atoms with Gasteiger partial charge in [-0.3, -0.25) is 4.79 Å². The highest BCUT2D eigenvalue weighted by Gasteiger charge is 2.45. The number of fused-ring (bicyclic) bond motifs is 1. The second-order valence-corrected chi connectivity index (χ2v) is 8.41. The minimum Gasteiger partial charge on any atom is -0.381 e. The van der Waals surface area contributed by atoms with Crippen LogP contribution < -0.4 is 4.90 Å². The Hall–Kier alpha value is -2.34. The van der Waals surface area contributed by atoms with E-state index in [0.717, 1.165) is 48.6 Å². The molecule has 0 atom stereocenters. The largest absolute Gasteiger partial charge is 0.381 e. The molecule has 2 aromatic heterocycles. The highest BCUT2D eigenvalue weighted by Crippen LogP contribution is 2.52. The highest BCUT2D eigenvalue weighted by molar-refractivity contribution is 5.99. The van der Waals surface area contributed by atoms with Crippen LogP contribution in [-0.4, -0.2) is 47.3 Å². The molecule has 28 heavy (non-hydrogen) atoms. The van der Waals surface area contributed by atoms with Gasteiger partial charge in [-0.2, -0.15) is 10.2 Å². The van der Waals surface area contributed by atoms with E-state index in [-0.39, 0.29) is 12.2 Å². The van der Waals surface area contributed by atoms with E-state index in [4.69, 9.17) is 9.72 Å². The quantitative estimate of drug-likeness (QED) is 0.762. The van der Waals surface area contributed by atoms with Gasteiger partial charge in [0.1, 0.15) is 5.82 Å². The molecule has 0 N–H and O–H groups in total. The van der Waals surface area contributed by atoms with Crippen LogP contribution in [0.5, 0.6) is 0 Å². The number of anilines is 1. The Kier molecular flexibility index (Phi) is 4.59. The third-order valence-corrected chi connectivity index (χ3v) is 6.39. The second kappa shape index (κ2) is 7.24. The zero-order chi connectivity index (χ0) is 19.0. The van der Waals surface area contributed by atoms with Crippen LogP contribution >= 0.6 is 0 Å². The van der Waals surface area contributed by atoms with Gasteiger partial charge in [-0.25, -0.2) is 4.98 Å². The smallest absolute Gasteiger partial charge is 0.169 e. The van der Waals surface area contributed by atoms with Crippen molar-refractivity contribution >= 4 is 11.6 Å². The van der Waals surface area contributed by atoms with Crippen molar-refractivity contribution in [3.63, 3.8) is 0 Å². The Bertz CT molecular complexity index is 880. The number of ether oxygens (including phenoxy) is 1. The Morgan fingerprint density at radius 3 is 2.93 bits per heavy atom. The first-order chi connectivity index (χ1) is 13.7. The molecule has 2 aliphatic heterocycles. The van der Waals surface area contributed by atoms with Gasteiger partial charge in [-0.05, 0) is 61.3 Å². The molecule has 0 unspecified atom stereocenters. The van der Waals surface area contributed by atoms with E-state index < -0.39 is 0 Å². The maximum Gasteiger partial charge on any atom is 0.169 e. The van der Waals surface area contributed by atoms with Crippen molar-refractivity contribution in [2.24, 2.45) is 5.41 Å². The number of carbonyl (C=O) groups is 1. The SMILES string of the molecule is O=C(Cc1cccnn1)c1cc(N2CCCC3(CC3)C2)nc2c1CCOCC2. The molecule has 1 saturated carbocycles. The molecule has 4 heterocycles. The second-order valence-electron chi connectivity index (χ2n) is 8.41. The van der Waals surface area contributed by atoms with Crippen LogP contribution in [0.4, 0.5) is 5.82 Å². The summed E-state index contributed by atoms with van der Waals surface area (Å²) in [6, 6.07) is 5.71. The predicted molar refractivity (Wildman–Crippen MR) is 106 cm³/mol. The first kappa shape index (κ1) is 17.7. The van der Waals surface area contributed by atoms with E-state index in [9.17, 15) is 4.79 Å².